The van der Waals surface area contributed by atoms with Gasteiger partial charge in [-0.3, -0.25) is 9.69 Å². The van der Waals surface area contributed by atoms with Gasteiger partial charge >= 0.3 is 0 Å². The standard InChI is InChI=1S/C23H31N3O4S/c1-18(25(2)17-19-10-12-21(30-3)13-11-19)23(27)24-20-8-7-9-22(16-20)31(28,29)26-14-5-4-6-15-26/h7-13,16,18H,4-6,14-15,17H2,1-3H3,(H,24,27). The highest BCUT2D eigenvalue weighted by Crippen LogP contribution is 2.23. The van der Waals surface area contributed by atoms with Gasteiger partial charge in [0.05, 0.1) is 18.0 Å². The molecule has 168 valence electrons. The van der Waals surface area contributed by atoms with E-state index < -0.39 is 16.1 Å². The van der Waals surface area contributed by atoms with Crippen molar-refractivity contribution in [2.24, 2.45) is 0 Å². The summed E-state index contributed by atoms with van der Waals surface area (Å²) >= 11 is 0. The Bertz CT molecular complexity index is 986. The number of piperidine rings is 1. The molecule has 0 aliphatic carbocycles. The lowest BCUT2D eigenvalue weighted by Crippen LogP contribution is -2.39. The van der Waals surface area contributed by atoms with Crippen LogP contribution in [0.5, 0.6) is 5.75 Å². The minimum Gasteiger partial charge on any atom is -0.497 e. The average Bonchev–Trinajstić information content (AvgIpc) is 2.79. The molecule has 1 aliphatic rings. The monoisotopic (exact) mass is 445 g/mol. The fraction of sp³-hybridized carbons (Fsp3) is 0.435. The Kier molecular flexibility index (Phi) is 7.69. The fourth-order valence-electron chi connectivity index (χ4n) is 3.59. The van der Waals surface area contributed by atoms with E-state index in [4.69, 9.17) is 4.74 Å². The maximum atomic E-state index is 12.9. The molecule has 1 heterocycles. The van der Waals surface area contributed by atoms with Crippen LogP contribution in [0.3, 0.4) is 0 Å². The van der Waals surface area contributed by atoms with Gasteiger partial charge in [0.25, 0.3) is 0 Å². The second-order valence-corrected chi connectivity index (χ2v) is 9.86. The zero-order valence-electron chi connectivity index (χ0n) is 18.4. The molecule has 3 rings (SSSR count). The molecule has 0 radical (unpaired) electrons. The highest BCUT2D eigenvalue weighted by molar-refractivity contribution is 7.89. The summed E-state index contributed by atoms with van der Waals surface area (Å²) in [7, 11) is -0.0360. The molecule has 1 fully saturated rings. The largest absolute Gasteiger partial charge is 0.497 e. The minimum absolute atomic E-state index is 0.191. The number of ether oxygens (including phenoxy) is 1. The number of methoxy groups -OCH3 is 1. The van der Waals surface area contributed by atoms with Crippen molar-refractivity contribution in [3.05, 3.63) is 54.1 Å². The fourth-order valence-corrected chi connectivity index (χ4v) is 5.15. The molecule has 8 heteroatoms. The zero-order chi connectivity index (χ0) is 22.4. The van der Waals surface area contributed by atoms with Crippen molar-refractivity contribution in [3.63, 3.8) is 0 Å². The third-order valence-corrected chi connectivity index (χ3v) is 7.58. The number of carbonyl (C=O) groups is 1. The van der Waals surface area contributed by atoms with E-state index in [-0.39, 0.29) is 10.8 Å². The third kappa shape index (κ3) is 5.84. The summed E-state index contributed by atoms with van der Waals surface area (Å²) in [5.41, 5.74) is 1.55. The van der Waals surface area contributed by atoms with E-state index >= 15 is 0 Å². The van der Waals surface area contributed by atoms with Crippen LogP contribution in [0.25, 0.3) is 0 Å². The molecule has 7 nitrogen and oxygen atoms in total. The molecule has 1 saturated heterocycles. The zero-order valence-corrected chi connectivity index (χ0v) is 19.2. The number of benzene rings is 2. The lowest BCUT2D eigenvalue weighted by atomic mass is 10.1. The molecule has 2 aromatic carbocycles. The molecule has 1 amide bonds. The van der Waals surface area contributed by atoms with Gasteiger partial charge in [-0.15, -0.1) is 0 Å². The van der Waals surface area contributed by atoms with E-state index in [1.807, 2.05) is 43.1 Å². The molecule has 0 bridgehead atoms. The number of anilines is 1. The first kappa shape index (κ1) is 23.2. The van der Waals surface area contributed by atoms with Crippen molar-refractivity contribution in [3.8, 4) is 5.75 Å². The summed E-state index contributed by atoms with van der Waals surface area (Å²) in [4.78, 5) is 14.9. The predicted molar refractivity (Wildman–Crippen MR) is 122 cm³/mol. The first-order valence-corrected chi connectivity index (χ1v) is 12.0. The van der Waals surface area contributed by atoms with E-state index in [1.54, 1.807) is 25.3 Å². The van der Waals surface area contributed by atoms with Gasteiger partial charge in [-0.2, -0.15) is 4.31 Å². The average molecular weight is 446 g/mol. The van der Waals surface area contributed by atoms with Gasteiger partial charge in [-0.25, -0.2) is 8.42 Å². The van der Waals surface area contributed by atoms with Crippen molar-refractivity contribution in [1.82, 2.24) is 9.21 Å². The molecule has 1 atom stereocenters. The van der Waals surface area contributed by atoms with Crippen molar-refractivity contribution in [2.45, 2.75) is 43.7 Å². The van der Waals surface area contributed by atoms with Crippen molar-refractivity contribution in [1.29, 1.82) is 0 Å². The van der Waals surface area contributed by atoms with E-state index in [9.17, 15) is 13.2 Å². The quantitative estimate of drug-likeness (QED) is 0.674. The normalized spacial score (nSPS) is 16.1. The van der Waals surface area contributed by atoms with Crippen LogP contribution in [0.15, 0.2) is 53.4 Å². The molecule has 1 aliphatic heterocycles. The van der Waals surface area contributed by atoms with Crippen LogP contribution in [0, 0.1) is 0 Å². The van der Waals surface area contributed by atoms with Crippen molar-refractivity contribution >= 4 is 21.6 Å². The summed E-state index contributed by atoms with van der Waals surface area (Å²) < 4.78 is 32.5. The number of nitrogens with one attached hydrogen (secondary N) is 1. The molecule has 2 aromatic rings. The topological polar surface area (TPSA) is 79.0 Å². The SMILES string of the molecule is COc1ccc(CN(C)C(C)C(=O)Nc2cccc(S(=O)(=O)N3CCCCC3)c2)cc1. The van der Waals surface area contributed by atoms with E-state index in [0.717, 1.165) is 30.6 Å². The number of rotatable bonds is 8. The van der Waals surface area contributed by atoms with Gasteiger partial charge in [0.1, 0.15) is 5.75 Å². The molecule has 1 unspecified atom stereocenters. The predicted octanol–water partition coefficient (Wildman–Crippen LogP) is 3.33. The van der Waals surface area contributed by atoms with Crippen LogP contribution in [0.2, 0.25) is 0 Å². The Morgan fingerprint density at radius 3 is 2.45 bits per heavy atom. The van der Waals surface area contributed by atoms with Gasteiger partial charge in [0.2, 0.25) is 15.9 Å². The molecular formula is C23H31N3O4S. The van der Waals surface area contributed by atoms with Crippen LogP contribution in [0.4, 0.5) is 5.69 Å². The van der Waals surface area contributed by atoms with Gasteiger partial charge in [0, 0.05) is 25.3 Å². The second-order valence-electron chi connectivity index (χ2n) is 7.92. The molecule has 0 saturated carbocycles. The Morgan fingerprint density at radius 2 is 1.81 bits per heavy atom. The van der Waals surface area contributed by atoms with Crippen LogP contribution in [-0.2, 0) is 21.4 Å². The van der Waals surface area contributed by atoms with Crippen LogP contribution in [0.1, 0.15) is 31.7 Å². The maximum absolute atomic E-state index is 12.9. The summed E-state index contributed by atoms with van der Waals surface area (Å²) in [5.74, 6) is 0.597. The third-order valence-electron chi connectivity index (χ3n) is 5.69. The molecule has 31 heavy (non-hydrogen) atoms. The summed E-state index contributed by atoms with van der Waals surface area (Å²) in [6.07, 6.45) is 2.82. The summed E-state index contributed by atoms with van der Waals surface area (Å²) in [6, 6.07) is 13.8. The van der Waals surface area contributed by atoms with Gasteiger partial charge in [-0.05, 0) is 62.7 Å². The van der Waals surface area contributed by atoms with Crippen LogP contribution < -0.4 is 10.1 Å². The van der Waals surface area contributed by atoms with E-state index in [2.05, 4.69) is 5.32 Å². The highest BCUT2D eigenvalue weighted by atomic mass is 32.2. The van der Waals surface area contributed by atoms with E-state index in [0.29, 0.717) is 25.3 Å². The van der Waals surface area contributed by atoms with Gasteiger partial charge in [-0.1, -0.05) is 24.6 Å². The highest BCUT2D eigenvalue weighted by Gasteiger charge is 2.26. The number of sulfonamides is 1. The Morgan fingerprint density at radius 1 is 1.13 bits per heavy atom. The molecule has 0 spiro atoms. The Hall–Kier alpha value is -2.42. The molecular weight excluding hydrogens is 414 g/mol. The first-order valence-electron chi connectivity index (χ1n) is 10.6. The molecule has 0 aromatic heterocycles. The maximum Gasteiger partial charge on any atom is 0.243 e. The van der Waals surface area contributed by atoms with Crippen molar-refractivity contribution < 1.29 is 17.9 Å². The minimum atomic E-state index is -3.54. The van der Waals surface area contributed by atoms with Crippen molar-refractivity contribution in [2.75, 3.05) is 32.6 Å². The number of hydrogen-bond acceptors (Lipinski definition) is 5. The lowest BCUT2D eigenvalue weighted by Gasteiger charge is -2.26. The smallest absolute Gasteiger partial charge is 0.243 e. The van der Waals surface area contributed by atoms with Gasteiger partial charge in [0.15, 0.2) is 0 Å². The number of nitrogens with zero attached hydrogens (tertiary/aromatic N) is 2. The number of amides is 1. The first-order chi connectivity index (χ1) is 14.8. The number of likely N-dealkylation sites (N-methyl/N-ethyl adjacent to an activating group) is 1. The lowest BCUT2D eigenvalue weighted by molar-refractivity contribution is -0.120. The number of hydrogen-bond donors (Lipinski definition) is 1. The number of carbonyl (C=O) groups excluding carboxylic acids is 1. The van der Waals surface area contributed by atoms with Gasteiger partial charge < -0.3 is 10.1 Å². The molecule has 1 N–H and O–H groups in total. The second kappa shape index (κ2) is 10.3. The summed E-state index contributed by atoms with van der Waals surface area (Å²) in [6.45, 7) is 3.52. The Labute approximate surface area is 185 Å². The van der Waals surface area contributed by atoms with Crippen LogP contribution >= 0.6 is 0 Å². The summed E-state index contributed by atoms with van der Waals surface area (Å²) in [5, 5.41) is 2.86. The Balaban J connectivity index is 1.64. The van der Waals surface area contributed by atoms with Crippen LogP contribution in [-0.4, -0.2) is 56.8 Å². The van der Waals surface area contributed by atoms with E-state index in [1.165, 1.54) is 10.4 Å².